The van der Waals surface area contributed by atoms with Crippen molar-refractivity contribution in [1.82, 2.24) is 0 Å². The summed E-state index contributed by atoms with van der Waals surface area (Å²) >= 11 is 15.4. The molecule has 0 radical (unpaired) electrons. The van der Waals surface area contributed by atoms with Gasteiger partial charge in [-0.15, -0.1) is 0 Å². The maximum absolute atomic E-state index is 12.5. The number of rotatable bonds is 5. The van der Waals surface area contributed by atoms with Crippen LogP contribution >= 0.6 is 39.1 Å². The molecule has 8 heteroatoms. The minimum atomic E-state index is -1.10. The Morgan fingerprint density at radius 2 is 1.95 bits per heavy atom. The summed E-state index contributed by atoms with van der Waals surface area (Å²) in [7, 11) is 0. The topological polar surface area (TPSA) is 87.7 Å². The predicted molar refractivity (Wildman–Crippen MR) is 89.2 cm³/mol. The Morgan fingerprint density at radius 3 is 2.43 bits per heavy atom. The third kappa shape index (κ3) is 3.44. The van der Waals surface area contributed by atoms with E-state index in [4.69, 9.17) is 34.1 Å². The Bertz CT molecular complexity index is 575. The number of carbonyl (C=O) groups is 1. The number of nitrogens with zero attached hydrogens (tertiary/aromatic N) is 1. The van der Waals surface area contributed by atoms with Crippen molar-refractivity contribution in [3.63, 3.8) is 0 Å². The second kappa shape index (κ2) is 7.33. The molecule has 0 heterocycles. The highest BCUT2D eigenvalue weighted by atomic mass is 79.9. The van der Waals surface area contributed by atoms with E-state index in [0.717, 1.165) is 0 Å². The molecule has 0 aromatic heterocycles. The standard InChI is InChI=1S/C13H16BrCl2N3O2/c1-3-13(4-2,11(17)19-21)12(20)18-8-6-5-7(14)9(15)10(8)16/h5-6,21H,3-4H2,1-2H3,(H2,17,19)(H,18,20). The Labute approximate surface area is 141 Å². The average molecular weight is 397 g/mol. The van der Waals surface area contributed by atoms with Gasteiger partial charge in [-0.1, -0.05) is 42.2 Å². The summed E-state index contributed by atoms with van der Waals surface area (Å²) in [6.45, 7) is 3.58. The Kier molecular flexibility index (Phi) is 6.31. The number of carbonyl (C=O) groups excluding carboxylic acids is 1. The van der Waals surface area contributed by atoms with Crippen LogP contribution in [0.5, 0.6) is 0 Å². The smallest absolute Gasteiger partial charge is 0.238 e. The number of oxime groups is 1. The van der Waals surface area contributed by atoms with Crippen molar-refractivity contribution in [2.75, 3.05) is 5.32 Å². The first-order valence-electron chi connectivity index (χ1n) is 6.27. The quantitative estimate of drug-likeness (QED) is 0.228. The highest BCUT2D eigenvalue weighted by molar-refractivity contribution is 9.10. The minimum absolute atomic E-state index is 0.135. The number of nitrogens with two attached hydrogens (primary N) is 1. The maximum Gasteiger partial charge on any atom is 0.238 e. The van der Waals surface area contributed by atoms with Gasteiger partial charge in [-0.25, -0.2) is 0 Å². The van der Waals surface area contributed by atoms with Gasteiger partial charge in [0.05, 0.1) is 15.7 Å². The van der Waals surface area contributed by atoms with Crippen molar-refractivity contribution >= 4 is 56.6 Å². The molecular formula is C13H16BrCl2N3O2. The third-order valence-corrected chi connectivity index (χ3v) is 5.29. The molecule has 0 aliphatic carbocycles. The largest absolute Gasteiger partial charge is 0.409 e. The summed E-state index contributed by atoms with van der Waals surface area (Å²) in [6.07, 6.45) is 0.764. The first-order chi connectivity index (χ1) is 9.83. The molecule has 0 fully saturated rings. The van der Waals surface area contributed by atoms with Gasteiger partial charge in [-0.2, -0.15) is 0 Å². The van der Waals surface area contributed by atoms with E-state index in [1.165, 1.54) is 0 Å². The fraction of sp³-hybridized carbons (Fsp3) is 0.385. The van der Waals surface area contributed by atoms with Crippen LogP contribution < -0.4 is 11.1 Å². The van der Waals surface area contributed by atoms with Crippen LogP contribution in [-0.2, 0) is 4.79 Å². The van der Waals surface area contributed by atoms with Gasteiger partial charge in [0.25, 0.3) is 0 Å². The van der Waals surface area contributed by atoms with E-state index in [9.17, 15) is 4.79 Å². The number of hydrogen-bond donors (Lipinski definition) is 3. The first kappa shape index (κ1) is 18.1. The van der Waals surface area contributed by atoms with Crippen molar-refractivity contribution in [3.8, 4) is 0 Å². The lowest BCUT2D eigenvalue weighted by molar-refractivity contribution is -0.122. The van der Waals surface area contributed by atoms with Gasteiger partial charge in [0.15, 0.2) is 5.84 Å². The van der Waals surface area contributed by atoms with E-state index in [2.05, 4.69) is 26.4 Å². The Morgan fingerprint density at radius 1 is 1.38 bits per heavy atom. The van der Waals surface area contributed by atoms with E-state index < -0.39 is 11.3 Å². The van der Waals surface area contributed by atoms with Gasteiger partial charge in [-0.05, 0) is 40.9 Å². The van der Waals surface area contributed by atoms with E-state index >= 15 is 0 Å². The molecule has 4 N–H and O–H groups in total. The molecule has 1 aromatic carbocycles. The van der Waals surface area contributed by atoms with Gasteiger partial charge in [-0.3, -0.25) is 4.79 Å². The molecule has 1 aromatic rings. The van der Waals surface area contributed by atoms with Crippen LogP contribution in [0.2, 0.25) is 10.0 Å². The lowest BCUT2D eigenvalue weighted by Crippen LogP contribution is -2.46. The van der Waals surface area contributed by atoms with Gasteiger partial charge >= 0.3 is 0 Å². The van der Waals surface area contributed by atoms with E-state index in [1.807, 2.05) is 0 Å². The summed E-state index contributed by atoms with van der Waals surface area (Å²) in [5.41, 5.74) is 4.96. The molecule has 0 bridgehead atoms. The average Bonchev–Trinajstić information content (AvgIpc) is 2.49. The van der Waals surface area contributed by atoms with Gasteiger partial charge in [0.2, 0.25) is 5.91 Å². The van der Waals surface area contributed by atoms with Crippen molar-refractivity contribution in [2.24, 2.45) is 16.3 Å². The Hall–Kier alpha value is -0.980. The summed E-state index contributed by atoms with van der Waals surface area (Å²) < 4.78 is 0.626. The first-order valence-corrected chi connectivity index (χ1v) is 7.81. The number of hydrogen-bond acceptors (Lipinski definition) is 3. The number of amides is 1. The fourth-order valence-electron chi connectivity index (χ4n) is 2.01. The third-order valence-electron chi connectivity index (χ3n) is 3.52. The van der Waals surface area contributed by atoms with Gasteiger partial charge in [0.1, 0.15) is 5.41 Å². The molecule has 0 aliphatic rings. The zero-order valence-electron chi connectivity index (χ0n) is 11.6. The normalized spacial score (nSPS) is 12.3. The SMILES string of the molecule is CCC(CC)(C(=O)Nc1ccc(Br)c(Cl)c1Cl)/C(N)=N/O. The van der Waals surface area contributed by atoms with E-state index in [-0.39, 0.29) is 10.9 Å². The molecule has 0 saturated carbocycles. The maximum atomic E-state index is 12.5. The van der Waals surface area contributed by atoms with Crippen molar-refractivity contribution in [3.05, 3.63) is 26.7 Å². The highest BCUT2D eigenvalue weighted by Crippen LogP contribution is 2.37. The highest BCUT2D eigenvalue weighted by Gasteiger charge is 2.40. The zero-order valence-corrected chi connectivity index (χ0v) is 14.7. The van der Waals surface area contributed by atoms with E-state index in [0.29, 0.717) is 28.0 Å². The van der Waals surface area contributed by atoms with Crippen LogP contribution in [0.25, 0.3) is 0 Å². The molecule has 0 atom stereocenters. The molecule has 0 aliphatic heterocycles. The number of anilines is 1. The second-order valence-electron chi connectivity index (χ2n) is 4.45. The molecule has 5 nitrogen and oxygen atoms in total. The van der Waals surface area contributed by atoms with Gasteiger partial charge in [0, 0.05) is 4.47 Å². The molecule has 1 amide bonds. The summed E-state index contributed by atoms with van der Waals surface area (Å²) in [5, 5.41) is 15.1. The van der Waals surface area contributed by atoms with Crippen molar-refractivity contribution in [2.45, 2.75) is 26.7 Å². The molecule has 1 rings (SSSR count). The molecule has 116 valence electrons. The summed E-state index contributed by atoms with van der Waals surface area (Å²) in [6, 6.07) is 3.30. The van der Waals surface area contributed by atoms with Crippen LogP contribution in [0, 0.1) is 5.41 Å². The summed E-state index contributed by atoms with van der Waals surface area (Å²) in [5.74, 6) is -0.535. The van der Waals surface area contributed by atoms with Gasteiger partial charge < -0.3 is 16.3 Å². The fourth-order valence-corrected chi connectivity index (χ4v) is 2.83. The Balaban J connectivity index is 3.18. The van der Waals surface area contributed by atoms with Crippen LogP contribution in [0.15, 0.2) is 21.8 Å². The zero-order chi connectivity index (χ0) is 16.2. The molecule has 0 saturated heterocycles. The molecule has 21 heavy (non-hydrogen) atoms. The van der Waals surface area contributed by atoms with Crippen LogP contribution in [-0.4, -0.2) is 17.0 Å². The van der Waals surface area contributed by atoms with Crippen LogP contribution in [0.4, 0.5) is 5.69 Å². The van der Waals surface area contributed by atoms with Crippen LogP contribution in [0.1, 0.15) is 26.7 Å². The van der Waals surface area contributed by atoms with Crippen molar-refractivity contribution < 1.29 is 10.0 Å². The molecule has 0 spiro atoms. The summed E-state index contributed by atoms with van der Waals surface area (Å²) in [4.78, 5) is 12.5. The number of amidine groups is 1. The molecular weight excluding hydrogens is 381 g/mol. The van der Waals surface area contributed by atoms with E-state index in [1.54, 1.807) is 26.0 Å². The number of benzene rings is 1. The monoisotopic (exact) mass is 395 g/mol. The van der Waals surface area contributed by atoms with Crippen molar-refractivity contribution in [1.29, 1.82) is 0 Å². The lowest BCUT2D eigenvalue weighted by Gasteiger charge is -2.28. The minimum Gasteiger partial charge on any atom is -0.409 e. The van der Waals surface area contributed by atoms with Crippen LogP contribution in [0.3, 0.4) is 0 Å². The predicted octanol–water partition coefficient (Wildman–Crippen LogP) is 4.25. The number of nitrogens with one attached hydrogen (secondary N) is 1. The second-order valence-corrected chi connectivity index (χ2v) is 6.06. The number of halogens is 3. The lowest BCUT2D eigenvalue weighted by atomic mass is 9.80. The molecule has 0 unspecified atom stereocenters.